The van der Waals surface area contributed by atoms with Crippen molar-refractivity contribution in [1.29, 1.82) is 0 Å². The third kappa shape index (κ3) is 3.98. The van der Waals surface area contributed by atoms with Gasteiger partial charge in [-0.15, -0.1) is 0 Å². The van der Waals surface area contributed by atoms with Gasteiger partial charge < -0.3 is 9.42 Å². The van der Waals surface area contributed by atoms with Crippen LogP contribution >= 0.6 is 0 Å². The first-order valence-corrected chi connectivity index (χ1v) is 9.88. The predicted molar refractivity (Wildman–Crippen MR) is 108 cm³/mol. The van der Waals surface area contributed by atoms with Crippen molar-refractivity contribution in [2.24, 2.45) is 0 Å². The number of nitrogens with zero attached hydrogens (tertiary/aromatic N) is 3. The normalized spacial score (nSPS) is 16.7. The van der Waals surface area contributed by atoms with E-state index in [9.17, 15) is 4.79 Å². The summed E-state index contributed by atoms with van der Waals surface area (Å²) < 4.78 is 5.46. The Balaban J connectivity index is 1.40. The average molecular weight is 375 g/mol. The number of carbonyl (C=O) groups excluding carboxylic acids is 1. The first-order valence-electron chi connectivity index (χ1n) is 9.88. The molecular formula is C23H25N3O2. The molecule has 28 heavy (non-hydrogen) atoms. The smallest absolute Gasteiger partial charge is 0.257 e. The van der Waals surface area contributed by atoms with Crippen LogP contribution < -0.4 is 0 Å². The van der Waals surface area contributed by atoms with Gasteiger partial charge in [-0.1, -0.05) is 54.0 Å². The lowest BCUT2D eigenvalue weighted by atomic mass is 10.1. The van der Waals surface area contributed by atoms with Crippen LogP contribution in [0.4, 0.5) is 0 Å². The molecule has 1 saturated heterocycles. The summed E-state index contributed by atoms with van der Waals surface area (Å²) in [7, 11) is 0. The van der Waals surface area contributed by atoms with Crippen LogP contribution in [-0.2, 0) is 17.6 Å². The molecule has 0 aliphatic carbocycles. The molecule has 4 rings (SSSR count). The molecule has 0 bridgehead atoms. The van der Waals surface area contributed by atoms with E-state index < -0.39 is 0 Å². The first-order chi connectivity index (χ1) is 13.6. The van der Waals surface area contributed by atoms with Gasteiger partial charge in [0.15, 0.2) is 5.82 Å². The van der Waals surface area contributed by atoms with Crippen LogP contribution in [0.1, 0.15) is 41.8 Å². The molecule has 1 amide bonds. The van der Waals surface area contributed by atoms with Gasteiger partial charge in [-0.05, 0) is 43.0 Å². The minimum Gasteiger partial charge on any atom is -0.342 e. The van der Waals surface area contributed by atoms with Crippen LogP contribution in [0.15, 0.2) is 53.1 Å². The highest BCUT2D eigenvalue weighted by Crippen LogP contribution is 2.28. The van der Waals surface area contributed by atoms with Crippen molar-refractivity contribution in [3.63, 3.8) is 0 Å². The highest BCUT2D eigenvalue weighted by atomic mass is 16.5. The summed E-state index contributed by atoms with van der Waals surface area (Å²) in [5.74, 6) is 1.30. The fourth-order valence-electron chi connectivity index (χ4n) is 3.69. The maximum atomic E-state index is 12.4. The van der Waals surface area contributed by atoms with Gasteiger partial charge in [-0.2, -0.15) is 4.98 Å². The molecule has 1 unspecified atom stereocenters. The van der Waals surface area contributed by atoms with E-state index in [4.69, 9.17) is 4.52 Å². The fraction of sp³-hybridized carbons (Fsp3) is 0.348. The number of hydrogen-bond acceptors (Lipinski definition) is 4. The number of benzene rings is 2. The summed E-state index contributed by atoms with van der Waals surface area (Å²) in [5.41, 5.74) is 4.69. The van der Waals surface area contributed by atoms with Crippen LogP contribution in [0, 0.1) is 6.92 Å². The van der Waals surface area contributed by atoms with Gasteiger partial charge in [-0.25, -0.2) is 0 Å². The molecule has 1 atom stereocenters. The highest BCUT2D eigenvalue weighted by Gasteiger charge is 2.33. The number of aryl methyl sites for hydroxylation is 2. The Labute approximate surface area is 165 Å². The number of hydrogen-bond donors (Lipinski definition) is 0. The fourth-order valence-corrected chi connectivity index (χ4v) is 3.69. The second-order valence-electron chi connectivity index (χ2n) is 7.49. The third-order valence-electron chi connectivity index (χ3n) is 5.38. The van der Waals surface area contributed by atoms with Crippen molar-refractivity contribution in [1.82, 2.24) is 15.0 Å². The summed E-state index contributed by atoms with van der Waals surface area (Å²) in [6.45, 7) is 5.59. The van der Waals surface area contributed by atoms with E-state index >= 15 is 0 Å². The molecule has 1 aliphatic heterocycles. The summed E-state index contributed by atoms with van der Waals surface area (Å²) in [4.78, 5) is 18.9. The van der Waals surface area contributed by atoms with Gasteiger partial charge in [0.25, 0.3) is 5.89 Å². The number of amides is 1. The molecule has 144 valence electrons. The third-order valence-corrected chi connectivity index (χ3v) is 5.38. The Hall–Kier alpha value is -2.95. The number of aromatic nitrogens is 2. The van der Waals surface area contributed by atoms with Crippen LogP contribution in [0.25, 0.3) is 11.5 Å². The number of carbonyl (C=O) groups is 1. The van der Waals surface area contributed by atoms with E-state index in [2.05, 4.69) is 60.4 Å². The summed E-state index contributed by atoms with van der Waals surface area (Å²) >= 11 is 0. The topological polar surface area (TPSA) is 59.2 Å². The van der Waals surface area contributed by atoms with Gasteiger partial charge in [0.1, 0.15) is 0 Å². The predicted octanol–water partition coefficient (Wildman–Crippen LogP) is 4.17. The van der Waals surface area contributed by atoms with Crippen LogP contribution in [0.5, 0.6) is 0 Å². The molecule has 3 aromatic rings. The quantitative estimate of drug-likeness (QED) is 0.649. The minimum absolute atomic E-state index is 0.00238. The second kappa shape index (κ2) is 7.97. The molecule has 2 aromatic carbocycles. The lowest BCUT2D eigenvalue weighted by Gasteiger charge is -2.16. The first kappa shape index (κ1) is 18.4. The van der Waals surface area contributed by atoms with E-state index in [1.807, 2.05) is 17.0 Å². The van der Waals surface area contributed by atoms with E-state index in [1.165, 1.54) is 16.7 Å². The Kier molecular flexibility index (Phi) is 5.24. The Morgan fingerprint density at radius 3 is 2.71 bits per heavy atom. The van der Waals surface area contributed by atoms with Gasteiger partial charge in [0, 0.05) is 31.0 Å². The van der Waals surface area contributed by atoms with Crippen molar-refractivity contribution in [3.8, 4) is 11.5 Å². The van der Waals surface area contributed by atoms with Gasteiger partial charge >= 0.3 is 0 Å². The molecule has 0 saturated carbocycles. The van der Waals surface area contributed by atoms with E-state index in [0.29, 0.717) is 24.7 Å². The van der Waals surface area contributed by atoms with Crippen LogP contribution in [-0.4, -0.2) is 34.0 Å². The lowest BCUT2D eigenvalue weighted by Crippen LogP contribution is -2.27. The molecule has 2 heterocycles. The van der Waals surface area contributed by atoms with E-state index in [-0.39, 0.29) is 11.8 Å². The molecular weight excluding hydrogens is 350 g/mol. The SMILES string of the molecule is CCc1ccc(-c2nc(C3CC(=O)N(CCc4cccc(C)c4)C3)no2)cc1. The lowest BCUT2D eigenvalue weighted by molar-refractivity contribution is -0.127. The molecule has 1 aromatic heterocycles. The minimum atomic E-state index is -0.00238. The van der Waals surface area contributed by atoms with Crippen molar-refractivity contribution in [2.45, 2.75) is 39.0 Å². The van der Waals surface area contributed by atoms with E-state index in [0.717, 1.165) is 24.9 Å². The Morgan fingerprint density at radius 2 is 1.96 bits per heavy atom. The van der Waals surface area contributed by atoms with Crippen molar-refractivity contribution in [3.05, 3.63) is 71.0 Å². The van der Waals surface area contributed by atoms with Crippen LogP contribution in [0.2, 0.25) is 0 Å². The van der Waals surface area contributed by atoms with Crippen molar-refractivity contribution in [2.75, 3.05) is 13.1 Å². The Morgan fingerprint density at radius 1 is 1.14 bits per heavy atom. The summed E-state index contributed by atoms with van der Waals surface area (Å²) in [5, 5.41) is 4.15. The standard InChI is InChI=1S/C23H25N3O2/c1-3-17-7-9-19(10-8-17)23-24-22(25-28-23)20-14-21(27)26(15-20)12-11-18-6-4-5-16(2)13-18/h4-10,13,20H,3,11-12,14-15H2,1-2H3. The summed E-state index contributed by atoms with van der Waals surface area (Å²) in [6, 6.07) is 16.6. The maximum Gasteiger partial charge on any atom is 0.257 e. The highest BCUT2D eigenvalue weighted by molar-refractivity contribution is 5.79. The molecule has 1 fully saturated rings. The largest absolute Gasteiger partial charge is 0.342 e. The van der Waals surface area contributed by atoms with Crippen molar-refractivity contribution >= 4 is 5.91 Å². The van der Waals surface area contributed by atoms with Gasteiger partial charge in [0.05, 0.1) is 0 Å². The number of rotatable bonds is 6. The molecule has 1 aliphatic rings. The monoisotopic (exact) mass is 375 g/mol. The van der Waals surface area contributed by atoms with Gasteiger partial charge in [0.2, 0.25) is 5.91 Å². The maximum absolute atomic E-state index is 12.4. The van der Waals surface area contributed by atoms with E-state index in [1.54, 1.807) is 0 Å². The second-order valence-corrected chi connectivity index (χ2v) is 7.49. The average Bonchev–Trinajstić information content (AvgIpc) is 3.33. The molecule has 5 heteroatoms. The zero-order valence-corrected chi connectivity index (χ0v) is 16.4. The summed E-state index contributed by atoms with van der Waals surface area (Å²) in [6.07, 6.45) is 2.31. The van der Waals surface area contributed by atoms with Crippen LogP contribution in [0.3, 0.4) is 0 Å². The van der Waals surface area contributed by atoms with Gasteiger partial charge in [-0.3, -0.25) is 4.79 Å². The molecule has 0 spiro atoms. The zero-order chi connectivity index (χ0) is 19.5. The van der Waals surface area contributed by atoms with Crippen molar-refractivity contribution < 1.29 is 9.32 Å². The molecule has 0 N–H and O–H groups in total. The molecule has 5 nitrogen and oxygen atoms in total. The molecule has 0 radical (unpaired) electrons. The number of likely N-dealkylation sites (tertiary alicyclic amines) is 1. The Bertz CT molecular complexity index is 962. The zero-order valence-electron chi connectivity index (χ0n) is 16.4.